The normalized spacial score (nSPS) is 14.3. The molecule has 0 aliphatic heterocycles. The predicted molar refractivity (Wildman–Crippen MR) is 39.0 cm³/mol. The van der Waals surface area contributed by atoms with Crippen LogP contribution >= 0.6 is 33.0 Å². The van der Waals surface area contributed by atoms with Gasteiger partial charge in [-0.3, -0.25) is 0 Å². The van der Waals surface area contributed by atoms with E-state index in [1.807, 2.05) is 14.0 Å². The summed E-state index contributed by atoms with van der Waals surface area (Å²) in [5.41, 5.74) is 0. The zero-order chi connectivity index (χ0) is 4.99. The highest BCUT2D eigenvalue weighted by molar-refractivity contribution is 8.85. The first-order valence-corrected chi connectivity index (χ1v) is 4.66. The van der Waals surface area contributed by atoms with E-state index in [1.54, 1.807) is 21.4 Å². The lowest BCUT2D eigenvalue weighted by molar-refractivity contribution is 1.42. The summed E-state index contributed by atoms with van der Waals surface area (Å²) < 4.78 is 0.250. The molecule has 0 aromatic carbocycles. The molecule has 4 heteroatoms. The molecule has 6 heavy (non-hydrogen) atoms. The topological polar surface area (TPSA) is 0 Å². The highest BCUT2D eigenvalue weighted by Gasteiger charge is 1.89. The maximum Gasteiger partial charge on any atom is 0.188 e. The van der Waals surface area contributed by atoms with Crippen LogP contribution in [0.4, 0.5) is 0 Å². The maximum atomic E-state index is 5.52. The summed E-state index contributed by atoms with van der Waals surface area (Å²) in [7, 11) is 5.38. The van der Waals surface area contributed by atoms with Crippen LogP contribution in [0.5, 0.6) is 0 Å². The van der Waals surface area contributed by atoms with E-state index in [1.165, 1.54) is 0 Å². The monoisotopic (exact) mass is 140 g/mol. The first-order valence-electron chi connectivity index (χ1n) is 1.61. The van der Waals surface area contributed by atoms with Crippen LogP contribution in [0.3, 0.4) is 0 Å². The average molecular weight is 140 g/mol. The lowest BCUT2D eigenvalue weighted by atomic mass is 10.8. The maximum absolute atomic E-state index is 5.52. The zero-order valence-electron chi connectivity index (χ0n) is 3.77. The molecule has 0 saturated carbocycles. The smallest absolute Gasteiger partial charge is 0.154 e. The molecule has 0 nitrogen and oxygen atoms in total. The van der Waals surface area contributed by atoms with Gasteiger partial charge in [-0.1, -0.05) is 10.8 Å². The molecule has 0 bridgehead atoms. The Morgan fingerprint density at radius 1 is 1.83 bits per heavy atom. The molecule has 0 amide bonds. The van der Waals surface area contributed by atoms with E-state index in [0.717, 1.165) is 0 Å². The van der Waals surface area contributed by atoms with Gasteiger partial charge in [0.25, 0.3) is 0 Å². The summed E-state index contributed by atoms with van der Waals surface area (Å²) in [6, 6.07) is 0. The fourth-order valence-corrected chi connectivity index (χ4v) is 1.85. The lowest BCUT2D eigenvalue weighted by Crippen LogP contribution is -1.72. The average Bonchev–Trinajstić information content (AvgIpc) is 1.35. The number of alkyl halides is 1. The van der Waals surface area contributed by atoms with Gasteiger partial charge in [-0.25, -0.2) is 0 Å². The van der Waals surface area contributed by atoms with Crippen molar-refractivity contribution in [3.63, 3.8) is 0 Å². The quantitative estimate of drug-likeness (QED) is 0.324. The van der Waals surface area contributed by atoms with Gasteiger partial charge in [0.1, 0.15) is 0 Å². The molecule has 0 heterocycles. The summed E-state index contributed by atoms with van der Waals surface area (Å²) in [5.74, 6) is 0. The minimum Gasteiger partial charge on any atom is -0.154 e. The molecule has 0 fully saturated rings. The second kappa shape index (κ2) is 4.22. The van der Waals surface area contributed by atoms with Gasteiger partial charge in [0, 0.05) is 0 Å². The number of hydrogen-bond acceptors (Lipinski definition) is 2. The predicted octanol–water partition coefficient (Wildman–Crippen LogP) is 1.50. The summed E-state index contributed by atoms with van der Waals surface area (Å²) in [4.78, 5) is 0. The highest BCUT2D eigenvalue weighted by atomic mass is 35.5. The molecule has 0 aliphatic carbocycles. The second-order valence-electron chi connectivity index (χ2n) is 0.806. The van der Waals surface area contributed by atoms with Gasteiger partial charge >= 0.3 is 0 Å². The largest absolute Gasteiger partial charge is 0.188 e. The van der Waals surface area contributed by atoms with Crippen LogP contribution in [0.2, 0.25) is 0 Å². The van der Waals surface area contributed by atoms with Crippen molar-refractivity contribution < 1.29 is 0 Å². The molecule has 0 aromatic rings. The van der Waals surface area contributed by atoms with Crippen molar-refractivity contribution in [2.45, 2.75) is 11.6 Å². The molecule has 0 spiro atoms. The number of rotatable bonds is 2. The first-order chi connectivity index (χ1) is 2.77. The Kier molecular flexibility index (Phi) is 4.96. The van der Waals surface area contributed by atoms with E-state index < -0.39 is 0 Å². The molecule has 1 atom stereocenters. The molecule has 0 aliphatic rings. The van der Waals surface area contributed by atoms with Crippen LogP contribution in [-0.4, -0.2) is 11.8 Å². The molecule has 0 aromatic heterocycles. The lowest BCUT2D eigenvalue weighted by Gasteiger charge is -1.93. The van der Waals surface area contributed by atoms with Crippen molar-refractivity contribution in [1.82, 2.24) is 0 Å². The van der Waals surface area contributed by atoms with Crippen molar-refractivity contribution in [3.05, 3.63) is 0 Å². The van der Waals surface area contributed by atoms with Gasteiger partial charge in [0.2, 0.25) is 0 Å². The molecule has 0 rings (SSSR count). The van der Waals surface area contributed by atoms with E-state index in [9.17, 15) is 0 Å². The third-order valence-corrected chi connectivity index (χ3v) is 2.71. The molecule has 1 unspecified atom stereocenters. The molecule has 36 valence electrons. The third-order valence-electron chi connectivity index (χ3n) is 0.229. The SMILES string of the molecule is BSSC(C)Cl. The standard InChI is InChI=1S/C2H6BClS2/c1-2(4)5-6-3/h2H,3H2,1H3. The fourth-order valence-electron chi connectivity index (χ4n) is 0.133. The van der Waals surface area contributed by atoms with E-state index in [-0.39, 0.29) is 4.71 Å². The van der Waals surface area contributed by atoms with Crippen molar-refractivity contribution >= 4 is 40.2 Å². The van der Waals surface area contributed by atoms with Crippen molar-refractivity contribution in [2.24, 2.45) is 0 Å². The van der Waals surface area contributed by atoms with E-state index in [2.05, 4.69) is 0 Å². The van der Waals surface area contributed by atoms with Gasteiger partial charge in [0.05, 0.1) is 4.71 Å². The van der Waals surface area contributed by atoms with Gasteiger partial charge < -0.3 is 0 Å². The minimum atomic E-state index is 0.250. The number of halogens is 1. The Labute approximate surface area is 52.1 Å². The minimum absolute atomic E-state index is 0.250. The van der Waals surface area contributed by atoms with Gasteiger partial charge in [-0.05, 0) is 6.92 Å². The van der Waals surface area contributed by atoms with E-state index >= 15 is 0 Å². The Bertz CT molecular complexity index is 32.7. The van der Waals surface area contributed by atoms with Crippen molar-refractivity contribution in [1.29, 1.82) is 0 Å². The van der Waals surface area contributed by atoms with Crippen molar-refractivity contribution in [2.75, 3.05) is 0 Å². The zero-order valence-corrected chi connectivity index (χ0v) is 6.16. The third kappa shape index (κ3) is 5.05. The number of hydrogen-bond donors (Lipinski definition) is 0. The Morgan fingerprint density at radius 3 is 2.33 bits per heavy atom. The Balaban J connectivity index is 2.63. The molecular weight excluding hydrogens is 134 g/mol. The van der Waals surface area contributed by atoms with Gasteiger partial charge in [0.15, 0.2) is 7.12 Å². The van der Waals surface area contributed by atoms with Crippen LogP contribution in [0.15, 0.2) is 0 Å². The Hall–Kier alpha value is 1.05. The molecule has 0 radical (unpaired) electrons. The molecule has 0 saturated heterocycles. The Morgan fingerprint density at radius 2 is 2.33 bits per heavy atom. The van der Waals surface area contributed by atoms with Gasteiger partial charge in [-0.15, -0.1) is 11.6 Å². The molecule has 0 N–H and O–H groups in total. The van der Waals surface area contributed by atoms with Crippen LogP contribution in [-0.2, 0) is 0 Å². The van der Waals surface area contributed by atoms with Crippen LogP contribution in [0.1, 0.15) is 6.92 Å². The van der Waals surface area contributed by atoms with Crippen LogP contribution in [0.25, 0.3) is 0 Å². The first kappa shape index (κ1) is 7.05. The summed E-state index contributed by atoms with van der Waals surface area (Å²) in [5, 5.41) is 0. The van der Waals surface area contributed by atoms with Crippen LogP contribution < -0.4 is 0 Å². The fraction of sp³-hybridized carbons (Fsp3) is 1.00. The van der Waals surface area contributed by atoms with E-state index in [0.29, 0.717) is 0 Å². The summed E-state index contributed by atoms with van der Waals surface area (Å²) in [6.07, 6.45) is 0. The van der Waals surface area contributed by atoms with E-state index in [4.69, 9.17) is 11.6 Å². The highest BCUT2D eigenvalue weighted by Crippen LogP contribution is 2.24. The second-order valence-corrected chi connectivity index (χ2v) is 4.53. The summed E-state index contributed by atoms with van der Waals surface area (Å²) >= 11 is 5.52. The molecular formula is C2H6BClS2. The van der Waals surface area contributed by atoms with Crippen LogP contribution in [0, 0.1) is 0 Å². The summed E-state index contributed by atoms with van der Waals surface area (Å²) in [6.45, 7) is 1.96. The van der Waals surface area contributed by atoms with Crippen molar-refractivity contribution in [3.8, 4) is 0 Å². The van der Waals surface area contributed by atoms with Gasteiger partial charge in [-0.2, -0.15) is 10.6 Å².